The fraction of sp³-hybridized carbons (Fsp3) is 0.150. The Morgan fingerprint density at radius 3 is 2.75 bits per heavy atom. The Bertz CT molecular complexity index is 968. The molecule has 1 aliphatic rings. The lowest BCUT2D eigenvalue weighted by molar-refractivity contribution is -0.116. The first-order valence-corrected chi connectivity index (χ1v) is 8.84. The molecule has 1 aliphatic heterocycles. The van der Waals surface area contributed by atoms with E-state index in [0.29, 0.717) is 24.7 Å². The normalized spacial score (nSPS) is 12.3. The van der Waals surface area contributed by atoms with Gasteiger partial charge in [0.15, 0.2) is 17.3 Å². The largest absolute Gasteiger partial charge is 0.454 e. The predicted octanol–water partition coefficient (Wildman–Crippen LogP) is 2.24. The van der Waals surface area contributed by atoms with Crippen molar-refractivity contribution in [1.82, 2.24) is 20.1 Å². The van der Waals surface area contributed by atoms with Gasteiger partial charge in [0.1, 0.15) is 5.82 Å². The molecule has 8 nitrogen and oxygen atoms in total. The fourth-order valence-corrected chi connectivity index (χ4v) is 2.67. The lowest BCUT2D eigenvalue weighted by atomic mass is 10.2. The van der Waals surface area contributed by atoms with Crippen LogP contribution < -0.4 is 20.1 Å². The van der Waals surface area contributed by atoms with Gasteiger partial charge in [0.25, 0.3) is 0 Å². The molecule has 0 saturated carbocycles. The number of ether oxygens (including phenoxy) is 2. The number of nitrogens with zero attached hydrogens (tertiary/aromatic N) is 3. The average molecular weight is 377 g/mol. The molecule has 0 spiro atoms. The highest BCUT2D eigenvalue weighted by Crippen LogP contribution is 2.32. The number of carbonyl (C=O) groups is 1. The lowest BCUT2D eigenvalue weighted by Crippen LogP contribution is -2.27. The second-order valence-electron chi connectivity index (χ2n) is 6.03. The molecule has 28 heavy (non-hydrogen) atoms. The molecule has 0 radical (unpaired) electrons. The van der Waals surface area contributed by atoms with E-state index in [1.807, 2.05) is 59.4 Å². The molecule has 2 N–H and O–H groups in total. The van der Waals surface area contributed by atoms with Crippen LogP contribution in [0.1, 0.15) is 5.56 Å². The molecule has 1 aromatic carbocycles. The molecule has 142 valence electrons. The van der Waals surface area contributed by atoms with E-state index in [-0.39, 0.29) is 12.7 Å². The molecule has 0 unspecified atom stereocenters. The van der Waals surface area contributed by atoms with Crippen LogP contribution in [0.5, 0.6) is 11.5 Å². The number of carbonyl (C=O) groups excluding carboxylic acids is 1. The summed E-state index contributed by atoms with van der Waals surface area (Å²) < 4.78 is 12.5. The van der Waals surface area contributed by atoms with Crippen molar-refractivity contribution in [3.63, 3.8) is 0 Å². The summed E-state index contributed by atoms with van der Waals surface area (Å²) in [5, 5.41) is 14.2. The van der Waals surface area contributed by atoms with Gasteiger partial charge in [-0.2, -0.15) is 0 Å². The highest BCUT2D eigenvalue weighted by atomic mass is 16.7. The van der Waals surface area contributed by atoms with E-state index in [4.69, 9.17) is 9.47 Å². The summed E-state index contributed by atoms with van der Waals surface area (Å²) in [6.45, 7) is 1.24. The summed E-state index contributed by atoms with van der Waals surface area (Å²) in [6.07, 6.45) is 7.03. The van der Waals surface area contributed by atoms with Crippen LogP contribution in [0.3, 0.4) is 0 Å². The zero-order valence-corrected chi connectivity index (χ0v) is 15.0. The summed E-state index contributed by atoms with van der Waals surface area (Å²) in [4.78, 5) is 11.9. The SMILES string of the molecule is O=C(/C=C/c1ccc2c(c1)OCO2)NCCNc1ccc(-n2cccc2)nn1. The summed E-state index contributed by atoms with van der Waals surface area (Å²) in [5.41, 5.74) is 0.871. The third-order valence-electron chi connectivity index (χ3n) is 4.07. The maximum atomic E-state index is 11.9. The quantitative estimate of drug-likeness (QED) is 0.485. The van der Waals surface area contributed by atoms with E-state index in [1.165, 1.54) is 6.08 Å². The van der Waals surface area contributed by atoms with Gasteiger partial charge in [0.05, 0.1) is 0 Å². The van der Waals surface area contributed by atoms with Crippen molar-refractivity contribution < 1.29 is 14.3 Å². The van der Waals surface area contributed by atoms with Crippen molar-refractivity contribution >= 4 is 17.8 Å². The Morgan fingerprint density at radius 2 is 1.93 bits per heavy atom. The molecule has 2 aromatic heterocycles. The maximum Gasteiger partial charge on any atom is 0.244 e. The molecule has 0 fully saturated rings. The number of anilines is 1. The maximum absolute atomic E-state index is 11.9. The van der Waals surface area contributed by atoms with Gasteiger partial charge in [-0.1, -0.05) is 6.07 Å². The summed E-state index contributed by atoms with van der Waals surface area (Å²) in [6, 6.07) is 13.1. The number of hydrogen-bond acceptors (Lipinski definition) is 6. The highest BCUT2D eigenvalue weighted by molar-refractivity contribution is 5.91. The van der Waals surface area contributed by atoms with Crippen molar-refractivity contribution in [3.05, 3.63) is 66.5 Å². The molecule has 0 bridgehead atoms. The van der Waals surface area contributed by atoms with Crippen molar-refractivity contribution in [3.8, 4) is 17.3 Å². The van der Waals surface area contributed by atoms with Gasteiger partial charge in [-0.15, -0.1) is 10.2 Å². The minimum absolute atomic E-state index is 0.173. The fourth-order valence-electron chi connectivity index (χ4n) is 2.67. The predicted molar refractivity (Wildman–Crippen MR) is 104 cm³/mol. The molecule has 0 saturated heterocycles. The second kappa shape index (κ2) is 8.26. The topological polar surface area (TPSA) is 90.3 Å². The molecule has 3 aromatic rings. The number of nitrogens with one attached hydrogen (secondary N) is 2. The molecular weight excluding hydrogens is 358 g/mol. The molecule has 0 atom stereocenters. The van der Waals surface area contributed by atoms with E-state index in [0.717, 1.165) is 17.1 Å². The minimum Gasteiger partial charge on any atom is -0.454 e. The first kappa shape index (κ1) is 17.6. The Morgan fingerprint density at radius 1 is 1.07 bits per heavy atom. The van der Waals surface area contributed by atoms with Crippen LogP contribution in [0, 0.1) is 0 Å². The number of aromatic nitrogens is 3. The van der Waals surface area contributed by atoms with Crippen LogP contribution in [0.25, 0.3) is 11.9 Å². The van der Waals surface area contributed by atoms with Crippen molar-refractivity contribution in [2.75, 3.05) is 25.2 Å². The van der Waals surface area contributed by atoms with Crippen LogP contribution in [-0.2, 0) is 4.79 Å². The lowest BCUT2D eigenvalue weighted by Gasteiger charge is -2.06. The average Bonchev–Trinajstić information content (AvgIpc) is 3.41. The van der Waals surface area contributed by atoms with Gasteiger partial charge >= 0.3 is 0 Å². The molecule has 3 heterocycles. The zero-order chi connectivity index (χ0) is 19.2. The number of hydrogen-bond donors (Lipinski definition) is 2. The standard InChI is InChI=1S/C20H19N5O3/c26-20(8-4-15-3-5-16-17(13-15)28-14-27-16)22-10-9-21-18-6-7-19(24-23-18)25-11-1-2-12-25/h1-8,11-13H,9-10,14H2,(H,21,23)(H,22,26)/b8-4+. The number of amides is 1. The minimum atomic E-state index is -0.173. The van der Waals surface area contributed by atoms with Gasteiger partial charge < -0.3 is 24.7 Å². The van der Waals surface area contributed by atoms with Crippen molar-refractivity contribution in [2.24, 2.45) is 0 Å². The van der Waals surface area contributed by atoms with Crippen LogP contribution in [0.4, 0.5) is 5.82 Å². The summed E-state index contributed by atoms with van der Waals surface area (Å²) in [7, 11) is 0. The Balaban J connectivity index is 1.20. The first-order valence-electron chi connectivity index (χ1n) is 8.84. The third kappa shape index (κ3) is 4.29. The van der Waals surface area contributed by atoms with E-state index >= 15 is 0 Å². The molecule has 0 aliphatic carbocycles. The highest BCUT2D eigenvalue weighted by Gasteiger charge is 2.12. The first-order chi connectivity index (χ1) is 13.8. The Kier molecular flexibility index (Phi) is 5.19. The molecule has 4 rings (SSSR count). The van der Waals surface area contributed by atoms with E-state index in [9.17, 15) is 4.79 Å². The Hall–Kier alpha value is -3.81. The van der Waals surface area contributed by atoms with Crippen LogP contribution in [0.2, 0.25) is 0 Å². The number of benzene rings is 1. The van der Waals surface area contributed by atoms with Crippen molar-refractivity contribution in [2.45, 2.75) is 0 Å². The van der Waals surface area contributed by atoms with Crippen molar-refractivity contribution in [1.29, 1.82) is 0 Å². The van der Waals surface area contributed by atoms with E-state index < -0.39 is 0 Å². The Labute approximate surface area is 161 Å². The van der Waals surface area contributed by atoms with Gasteiger partial charge in [0, 0.05) is 31.6 Å². The van der Waals surface area contributed by atoms with Gasteiger partial charge in [-0.25, -0.2) is 0 Å². The zero-order valence-electron chi connectivity index (χ0n) is 15.0. The number of rotatable bonds is 7. The molecule has 1 amide bonds. The van der Waals surface area contributed by atoms with Gasteiger partial charge in [-0.05, 0) is 48.0 Å². The monoisotopic (exact) mass is 377 g/mol. The van der Waals surface area contributed by atoms with E-state index in [2.05, 4.69) is 20.8 Å². The van der Waals surface area contributed by atoms with Crippen LogP contribution in [0.15, 0.2) is 60.9 Å². The van der Waals surface area contributed by atoms with Crippen LogP contribution >= 0.6 is 0 Å². The summed E-state index contributed by atoms with van der Waals surface area (Å²) >= 11 is 0. The number of fused-ring (bicyclic) bond motifs is 1. The molecule has 8 heteroatoms. The van der Waals surface area contributed by atoms with Crippen LogP contribution in [-0.4, -0.2) is 40.6 Å². The van der Waals surface area contributed by atoms with E-state index in [1.54, 1.807) is 6.08 Å². The molecular formula is C20H19N5O3. The smallest absolute Gasteiger partial charge is 0.244 e. The second-order valence-corrected chi connectivity index (χ2v) is 6.03. The summed E-state index contributed by atoms with van der Waals surface area (Å²) in [5.74, 6) is 2.64. The third-order valence-corrected chi connectivity index (χ3v) is 4.07. The van der Waals surface area contributed by atoms with Gasteiger partial charge in [-0.3, -0.25) is 4.79 Å². The van der Waals surface area contributed by atoms with Gasteiger partial charge in [0.2, 0.25) is 12.7 Å².